The Hall–Kier alpha value is -2.19. The predicted octanol–water partition coefficient (Wildman–Crippen LogP) is 2.09. The minimum absolute atomic E-state index is 0.0295. The monoisotopic (exact) mass is 349 g/mol. The van der Waals surface area contributed by atoms with Crippen LogP contribution in [0.3, 0.4) is 0 Å². The van der Waals surface area contributed by atoms with Crippen molar-refractivity contribution in [3.05, 3.63) is 58.4 Å². The third-order valence-corrected chi connectivity index (χ3v) is 4.18. The lowest BCUT2D eigenvalue weighted by molar-refractivity contribution is -0.138. The molecule has 130 valence electrons. The quantitative estimate of drug-likeness (QED) is 0.681. The van der Waals surface area contributed by atoms with Crippen LogP contribution in [0, 0.1) is 6.92 Å². The Bertz CT molecular complexity index is 823. The Morgan fingerprint density at radius 3 is 2.84 bits per heavy atom. The van der Waals surface area contributed by atoms with Gasteiger partial charge in [0.2, 0.25) is 0 Å². The minimum atomic E-state index is -4.53. The summed E-state index contributed by atoms with van der Waals surface area (Å²) in [4.78, 5) is 16.2. The molecule has 1 N–H and O–H groups in total. The lowest BCUT2D eigenvalue weighted by Crippen LogP contribution is -2.41. The molecule has 0 fully saturated rings. The summed E-state index contributed by atoms with van der Waals surface area (Å²) in [7, 11) is -1.05. The topological polar surface area (TPSA) is 59.4 Å². The van der Waals surface area contributed by atoms with Gasteiger partial charge in [0.1, 0.15) is 5.69 Å². The van der Waals surface area contributed by atoms with E-state index in [0.29, 0.717) is 24.1 Å². The van der Waals surface area contributed by atoms with Crippen LogP contribution in [0.4, 0.5) is 13.2 Å². The molecule has 2 aromatic rings. The number of hydrogen-bond acceptors (Lipinski definition) is 4. The Morgan fingerprint density at radius 1 is 1.36 bits per heavy atom. The molecule has 8 heteroatoms. The van der Waals surface area contributed by atoms with Crippen molar-refractivity contribution in [2.75, 3.05) is 6.61 Å². The molecule has 1 aromatic carbocycles. The van der Waals surface area contributed by atoms with Gasteiger partial charge in [-0.2, -0.15) is 13.2 Å². The second-order valence-electron chi connectivity index (χ2n) is 5.99. The minimum Gasteiger partial charge on any atom is -0.423 e. The largest absolute Gasteiger partial charge is 0.491 e. The number of fused-ring (bicyclic) bond motifs is 1. The molecule has 0 bridgehead atoms. The van der Waals surface area contributed by atoms with Crippen molar-refractivity contribution in [2.24, 2.45) is 0 Å². The summed E-state index contributed by atoms with van der Waals surface area (Å²) in [5.74, 6) is -0.517. The van der Waals surface area contributed by atoms with Crippen molar-refractivity contribution in [2.45, 2.75) is 25.9 Å². The number of pyridine rings is 1. The summed E-state index contributed by atoms with van der Waals surface area (Å²) >= 11 is 0. The highest BCUT2D eigenvalue weighted by molar-refractivity contribution is 6.60. The number of alkyl halides is 3. The molecule has 2 heterocycles. The highest BCUT2D eigenvalue weighted by Gasteiger charge is 2.33. The van der Waals surface area contributed by atoms with E-state index in [0.717, 1.165) is 17.8 Å². The first-order chi connectivity index (χ1) is 11.8. The van der Waals surface area contributed by atoms with Crippen molar-refractivity contribution in [1.82, 2.24) is 4.98 Å². The molecule has 0 atom stereocenters. The van der Waals surface area contributed by atoms with Gasteiger partial charge in [0.25, 0.3) is 0 Å². The number of benzene rings is 1. The molecular weight excluding hydrogens is 334 g/mol. The average Bonchev–Trinajstić information content (AvgIpc) is 2.55. The fourth-order valence-electron chi connectivity index (χ4n) is 2.84. The molecule has 25 heavy (non-hydrogen) atoms. The van der Waals surface area contributed by atoms with Crippen LogP contribution in [0.2, 0.25) is 0 Å². The summed E-state index contributed by atoms with van der Waals surface area (Å²) in [5, 5.41) is 9.85. The number of halogens is 3. The first-order valence-corrected chi connectivity index (χ1v) is 7.74. The number of carbonyl (C=O) groups excluding carboxylic acids is 1. The SMILES string of the molecule is Cc1cnc(C(=O)Cc2ccc3c(c2)B(O)OCC3)cc1C(F)(F)F. The van der Waals surface area contributed by atoms with Gasteiger partial charge in [-0.3, -0.25) is 9.78 Å². The molecule has 1 aliphatic heterocycles. The summed E-state index contributed by atoms with van der Waals surface area (Å²) < 4.78 is 44.1. The van der Waals surface area contributed by atoms with Gasteiger partial charge in [-0.15, -0.1) is 0 Å². The fourth-order valence-corrected chi connectivity index (χ4v) is 2.84. The summed E-state index contributed by atoms with van der Waals surface area (Å²) in [5.41, 5.74) is 0.988. The number of nitrogens with zero attached hydrogens (tertiary/aromatic N) is 1. The Morgan fingerprint density at radius 2 is 2.12 bits per heavy atom. The second kappa shape index (κ2) is 6.61. The third-order valence-electron chi connectivity index (χ3n) is 4.18. The zero-order valence-electron chi connectivity index (χ0n) is 13.4. The van der Waals surface area contributed by atoms with Crippen LogP contribution in [0.5, 0.6) is 0 Å². The molecule has 4 nitrogen and oxygen atoms in total. The molecule has 0 radical (unpaired) electrons. The van der Waals surface area contributed by atoms with E-state index < -0.39 is 24.6 Å². The maximum Gasteiger partial charge on any atom is 0.491 e. The van der Waals surface area contributed by atoms with Crippen LogP contribution >= 0.6 is 0 Å². The number of Topliss-reactive ketones (excluding diaryl/α,β-unsaturated/α-hetero) is 1. The van der Waals surface area contributed by atoms with Crippen LogP contribution in [-0.2, 0) is 23.7 Å². The third kappa shape index (κ3) is 3.75. The standard InChI is InChI=1S/C17H15BF3NO3/c1-10-9-22-15(8-13(10)17(19,20)21)16(23)7-11-2-3-12-4-5-25-18(24)14(12)6-11/h2-3,6,8-9,24H,4-5,7H2,1H3. The number of hydrogen-bond donors (Lipinski definition) is 1. The highest BCUT2D eigenvalue weighted by atomic mass is 19.4. The van der Waals surface area contributed by atoms with Gasteiger partial charge in [-0.05, 0) is 41.6 Å². The number of aromatic nitrogens is 1. The van der Waals surface area contributed by atoms with Gasteiger partial charge in [0, 0.05) is 19.2 Å². The molecule has 0 aliphatic carbocycles. The molecule has 1 aromatic heterocycles. The molecule has 1 aliphatic rings. The second-order valence-corrected chi connectivity index (χ2v) is 5.99. The molecule has 0 spiro atoms. The zero-order chi connectivity index (χ0) is 18.2. The van der Waals surface area contributed by atoms with E-state index in [4.69, 9.17) is 4.65 Å². The maximum absolute atomic E-state index is 13.0. The smallest absolute Gasteiger partial charge is 0.423 e. The van der Waals surface area contributed by atoms with E-state index in [1.54, 1.807) is 18.2 Å². The summed E-state index contributed by atoms with van der Waals surface area (Å²) in [6.07, 6.45) is -2.92. The van der Waals surface area contributed by atoms with Gasteiger partial charge in [0.05, 0.1) is 5.56 Å². The molecule has 0 saturated heterocycles. The van der Waals surface area contributed by atoms with Crippen LogP contribution in [0.15, 0.2) is 30.5 Å². The normalized spacial score (nSPS) is 14.4. The molecule has 0 saturated carbocycles. The van der Waals surface area contributed by atoms with Crippen LogP contribution in [0.25, 0.3) is 0 Å². The molecular formula is C17H15BF3NO3. The van der Waals surface area contributed by atoms with E-state index in [1.807, 2.05) is 0 Å². The van der Waals surface area contributed by atoms with E-state index in [2.05, 4.69) is 4.98 Å². The number of carbonyl (C=O) groups is 1. The van der Waals surface area contributed by atoms with E-state index in [9.17, 15) is 23.0 Å². The van der Waals surface area contributed by atoms with Gasteiger partial charge in [-0.1, -0.05) is 18.2 Å². The van der Waals surface area contributed by atoms with Crippen molar-refractivity contribution < 1.29 is 27.6 Å². The Kier molecular flexibility index (Phi) is 4.66. The first-order valence-electron chi connectivity index (χ1n) is 7.74. The van der Waals surface area contributed by atoms with Crippen molar-refractivity contribution in [3.8, 4) is 0 Å². The van der Waals surface area contributed by atoms with Crippen LogP contribution in [0.1, 0.15) is 32.7 Å². The van der Waals surface area contributed by atoms with Crippen molar-refractivity contribution in [3.63, 3.8) is 0 Å². The summed E-state index contributed by atoms with van der Waals surface area (Å²) in [6.45, 7) is 1.72. The number of ketones is 1. The lowest BCUT2D eigenvalue weighted by Gasteiger charge is -2.19. The Labute approximate surface area is 142 Å². The average molecular weight is 349 g/mol. The van der Waals surface area contributed by atoms with Crippen LogP contribution < -0.4 is 5.46 Å². The van der Waals surface area contributed by atoms with Gasteiger partial charge < -0.3 is 9.68 Å². The van der Waals surface area contributed by atoms with Crippen molar-refractivity contribution in [1.29, 1.82) is 0 Å². The fraction of sp³-hybridized carbons (Fsp3) is 0.294. The zero-order valence-corrected chi connectivity index (χ0v) is 13.4. The first kappa shape index (κ1) is 17.6. The lowest BCUT2D eigenvalue weighted by atomic mass is 9.73. The highest BCUT2D eigenvalue weighted by Crippen LogP contribution is 2.31. The maximum atomic E-state index is 13.0. The van der Waals surface area contributed by atoms with Crippen molar-refractivity contribution >= 4 is 18.4 Å². The van der Waals surface area contributed by atoms with E-state index in [1.165, 1.54) is 6.92 Å². The van der Waals surface area contributed by atoms with Crippen LogP contribution in [-0.4, -0.2) is 29.5 Å². The summed E-state index contributed by atoms with van der Waals surface area (Å²) in [6, 6.07) is 5.96. The van der Waals surface area contributed by atoms with Gasteiger partial charge in [0.15, 0.2) is 5.78 Å². The molecule has 0 unspecified atom stereocenters. The number of rotatable bonds is 3. The molecule has 3 rings (SSSR count). The molecule has 0 amide bonds. The van der Waals surface area contributed by atoms with E-state index >= 15 is 0 Å². The van der Waals surface area contributed by atoms with E-state index in [-0.39, 0.29) is 17.7 Å². The number of aryl methyl sites for hydroxylation is 1. The van der Waals surface area contributed by atoms with Gasteiger partial charge >= 0.3 is 13.3 Å². The predicted molar refractivity (Wildman–Crippen MR) is 85.7 cm³/mol. The Balaban J connectivity index is 1.85. The van der Waals surface area contributed by atoms with Gasteiger partial charge in [-0.25, -0.2) is 0 Å².